The van der Waals surface area contributed by atoms with Gasteiger partial charge in [-0.2, -0.15) is 0 Å². The van der Waals surface area contributed by atoms with Gasteiger partial charge in [-0.15, -0.1) is 0 Å². The van der Waals surface area contributed by atoms with Crippen molar-refractivity contribution < 1.29 is 38.3 Å². The van der Waals surface area contributed by atoms with E-state index in [4.69, 9.17) is 28.4 Å². The Morgan fingerprint density at radius 2 is 0.931 bits per heavy atom. The molecule has 0 bridgehead atoms. The van der Waals surface area contributed by atoms with E-state index in [1.54, 1.807) is 21.3 Å². The van der Waals surface area contributed by atoms with Crippen molar-refractivity contribution in [1.82, 2.24) is 14.7 Å². The lowest BCUT2D eigenvalue weighted by atomic mass is 9.85. The summed E-state index contributed by atoms with van der Waals surface area (Å²) < 4.78 is 38.8. The van der Waals surface area contributed by atoms with Gasteiger partial charge in [-0.25, -0.2) is 0 Å². The molecule has 0 spiro atoms. The van der Waals surface area contributed by atoms with E-state index in [0.717, 1.165) is 91.5 Å². The van der Waals surface area contributed by atoms with Gasteiger partial charge < -0.3 is 33.5 Å². The van der Waals surface area contributed by atoms with Crippen LogP contribution in [-0.2, 0) is 24.1 Å². The van der Waals surface area contributed by atoms with Gasteiger partial charge in [0.05, 0.1) is 21.3 Å². The van der Waals surface area contributed by atoms with E-state index in [1.165, 1.54) is 6.92 Å². The van der Waals surface area contributed by atoms with Crippen LogP contribution in [-0.4, -0.2) is 87.9 Å². The number of hydrogen-bond donors (Lipinski definition) is 1. The normalized spacial score (nSPS) is 19.8. The highest BCUT2D eigenvalue weighted by Crippen LogP contribution is 2.58. The van der Waals surface area contributed by atoms with Crippen molar-refractivity contribution in [2.24, 2.45) is 17.8 Å². The number of carbonyl (C=O) groups excluding carboxylic acids is 1. The Hall–Kier alpha value is -4.19. The van der Waals surface area contributed by atoms with Gasteiger partial charge >= 0.3 is 5.97 Å². The number of esters is 1. The Labute approximate surface area is 346 Å². The summed E-state index contributed by atoms with van der Waals surface area (Å²) in [5, 5.41) is 12.5. The van der Waals surface area contributed by atoms with Gasteiger partial charge in [0.2, 0.25) is 17.2 Å². The van der Waals surface area contributed by atoms with Crippen molar-refractivity contribution in [3.8, 4) is 51.7 Å². The predicted molar refractivity (Wildman–Crippen MR) is 228 cm³/mol. The van der Waals surface area contributed by atoms with Crippen LogP contribution in [0.4, 0.5) is 0 Å². The standard InChI is InChI=1S/C47H67N3O8/c1-26(2)20-33-39-30(14-17-48(33)8)23-36(53-11)43(42(39)52)57-47-41-32(16-19-50(10)35(41)22-28(5)6)25-38(55-13)45(47)58-46-40-31(15-18-49(9)34(40)21-27(3)4)24-37(54-12)44(46)56-29(7)51/h23-28,33-35,52H,14-22H2,1-13H3/t33-,34+,35+/m1/s1. The smallest absolute Gasteiger partial charge is 0.308 e. The maximum absolute atomic E-state index is 12.9. The first kappa shape index (κ1) is 43.4. The molecule has 0 fully saturated rings. The number of hydrogen-bond acceptors (Lipinski definition) is 11. The maximum Gasteiger partial charge on any atom is 0.308 e. The number of phenols is 1. The molecule has 0 aromatic heterocycles. The number of fused-ring (bicyclic) bond motifs is 3. The van der Waals surface area contributed by atoms with Crippen LogP contribution in [0.3, 0.4) is 0 Å². The van der Waals surface area contributed by atoms with Crippen molar-refractivity contribution in [1.29, 1.82) is 0 Å². The number of phenolic OH excluding ortho intramolecular Hbond substituents is 1. The third kappa shape index (κ3) is 8.59. The van der Waals surface area contributed by atoms with Crippen molar-refractivity contribution >= 4 is 5.97 Å². The lowest BCUT2D eigenvalue weighted by Crippen LogP contribution is -2.34. The van der Waals surface area contributed by atoms with E-state index in [1.807, 2.05) is 12.1 Å². The zero-order valence-electron chi connectivity index (χ0n) is 37.2. The number of ether oxygens (including phenoxy) is 6. The third-order valence-corrected chi connectivity index (χ3v) is 12.2. The van der Waals surface area contributed by atoms with Crippen LogP contribution in [0.2, 0.25) is 0 Å². The van der Waals surface area contributed by atoms with E-state index in [9.17, 15) is 9.90 Å². The highest BCUT2D eigenvalue weighted by atomic mass is 16.6. The number of rotatable bonds is 14. The molecule has 3 aliphatic rings. The molecular formula is C47H67N3O8. The van der Waals surface area contributed by atoms with Crippen LogP contribution < -0.4 is 28.4 Å². The van der Waals surface area contributed by atoms with E-state index in [0.29, 0.717) is 52.3 Å². The van der Waals surface area contributed by atoms with Gasteiger partial charge in [0.15, 0.2) is 34.5 Å². The summed E-state index contributed by atoms with van der Waals surface area (Å²) in [6.07, 6.45) is 4.88. The number of methoxy groups -OCH3 is 3. The molecule has 3 aromatic carbocycles. The number of aromatic hydroxyl groups is 1. The van der Waals surface area contributed by atoms with Gasteiger partial charge in [-0.3, -0.25) is 19.5 Å². The molecule has 0 saturated carbocycles. The number of likely N-dealkylation sites (N-methyl/N-ethyl adjacent to an activating group) is 3. The number of carbonyl (C=O) groups is 1. The van der Waals surface area contributed by atoms with Crippen LogP contribution >= 0.6 is 0 Å². The zero-order chi connectivity index (χ0) is 42.2. The lowest BCUT2D eigenvalue weighted by molar-refractivity contribution is -0.132. The Kier molecular flexibility index (Phi) is 13.4. The zero-order valence-corrected chi connectivity index (χ0v) is 37.2. The summed E-state index contributed by atoms with van der Waals surface area (Å²) in [5.74, 6) is 3.58. The highest BCUT2D eigenvalue weighted by molar-refractivity contribution is 5.75. The van der Waals surface area contributed by atoms with Gasteiger partial charge in [0.1, 0.15) is 0 Å². The molecule has 6 rings (SSSR count). The average Bonchev–Trinajstić information content (AvgIpc) is 3.16. The quantitative estimate of drug-likeness (QED) is 0.125. The van der Waals surface area contributed by atoms with Crippen molar-refractivity contribution in [2.45, 2.75) is 105 Å². The maximum atomic E-state index is 12.9. The summed E-state index contributed by atoms with van der Waals surface area (Å²) in [7, 11) is 11.2. The molecule has 11 nitrogen and oxygen atoms in total. The van der Waals surface area contributed by atoms with E-state index < -0.39 is 5.97 Å². The SMILES string of the molecule is COc1cc2c(c(O)c1Oc1c(Oc3c(OC(C)=O)c(OC)cc4c3[C@H](CC(C)C)N(C)CC4)c(OC)cc3c1[C@H](CC(C)C)N(C)CC3)[C@@H](CC(C)C)N(C)CC2. The third-order valence-electron chi connectivity index (χ3n) is 12.2. The van der Waals surface area contributed by atoms with Crippen molar-refractivity contribution in [3.05, 3.63) is 51.6 Å². The molecule has 0 aliphatic carbocycles. The van der Waals surface area contributed by atoms with Gasteiger partial charge in [0, 0.05) is 61.4 Å². The summed E-state index contributed by atoms with van der Waals surface area (Å²) in [6, 6.07) is 5.99. The topological polar surface area (TPSA) is 102 Å². The molecule has 3 aliphatic heterocycles. The summed E-state index contributed by atoms with van der Waals surface area (Å²) >= 11 is 0. The monoisotopic (exact) mass is 801 g/mol. The molecule has 0 amide bonds. The molecule has 0 saturated heterocycles. The fourth-order valence-electron chi connectivity index (χ4n) is 9.33. The Bertz CT molecular complexity index is 1980. The molecule has 3 aromatic rings. The van der Waals surface area contributed by atoms with Crippen LogP contribution in [0.5, 0.6) is 51.7 Å². The minimum Gasteiger partial charge on any atom is -0.504 e. The largest absolute Gasteiger partial charge is 0.504 e. The fourth-order valence-corrected chi connectivity index (χ4v) is 9.33. The molecule has 1 N–H and O–H groups in total. The molecule has 3 heterocycles. The molecule has 318 valence electrons. The van der Waals surface area contributed by atoms with Crippen LogP contribution in [0.25, 0.3) is 0 Å². The minimum absolute atomic E-state index is 0.00347. The molecular weight excluding hydrogens is 735 g/mol. The first-order valence-electron chi connectivity index (χ1n) is 21.1. The number of benzene rings is 3. The predicted octanol–water partition coefficient (Wildman–Crippen LogP) is 9.65. The van der Waals surface area contributed by atoms with Gasteiger partial charge in [0.25, 0.3) is 0 Å². The number of nitrogens with zero attached hydrogens (tertiary/aromatic N) is 3. The summed E-state index contributed by atoms with van der Waals surface area (Å²) in [5.41, 5.74) is 5.98. The van der Waals surface area contributed by atoms with Crippen LogP contribution in [0.15, 0.2) is 18.2 Å². The first-order chi connectivity index (χ1) is 27.6. The lowest BCUT2D eigenvalue weighted by Gasteiger charge is -2.39. The van der Waals surface area contributed by atoms with Crippen molar-refractivity contribution in [3.63, 3.8) is 0 Å². The second-order valence-electron chi connectivity index (χ2n) is 17.9. The molecule has 11 heteroatoms. The average molecular weight is 802 g/mol. The Morgan fingerprint density at radius 1 is 0.586 bits per heavy atom. The Morgan fingerprint density at radius 3 is 1.33 bits per heavy atom. The second kappa shape index (κ2) is 18.0. The molecule has 0 unspecified atom stereocenters. The molecule has 0 radical (unpaired) electrons. The second-order valence-corrected chi connectivity index (χ2v) is 17.9. The van der Waals surface area contributed by atoms with E-state index >= 15 is 0 Å². The molecule has 58 heavy (non-hydrogen) atoms. The minimum atomic E-state index is -0.496. The van der Waals surface area contributed by atoms with Crippen molar-refractivity contribution in [2.75, 3.05) is 62.1 Å². The first-order valence-corrected chi connectivity index (χ1v) is 21.1. The summed E-state index contributed by atoms with van der Waals surface area (Å²) in [6.45, 7) is 17.3. The summed E-state index contributed by atoms with van der Waals surface area (Å²) in [4.78, 5) is 19.9. The van der Waals surface area contributed by atoms with Crippen LogP contribution in [0.1, 0.15) is 119 Å². The Balaban J connectivity index is 1.68. The van der Waals surface area contributed by atoms with Gasteiger partial charge in [-0.1, -0.05) is 41.5 Å². The van der Waals surface area contributed by atoms with Crippen LogP contribution in [0, 0.1) is 17.8 Å². The highest BCUT2D eigenvalue weighted by Gasteiger charge is 2.39. The van der Waals surface area contributed by atoms with E-state index in [2.05, 4.69) is 83.5 Å². The van der Waals surface area contributed by atoms with Gasteiger partial charge in [-0.05, 0) is 112 Å². The fraction of sp³-hybridized carbons (Fsp3) is 0.596. The van der Waals surface area contributed by atoms with E-state index in [-0.39, 0.29) is 35.4 Å². The molecule has 3 atom stereocenters.